The Balaban J connectivity index is 1.96. The van der Waals surface area contributed by atoms with Gasteiger partial charge in [0, 0.05) is 13.2 Å². The summed E-state index contributed by atoms with van der Waals surface area (Å²) in [5.74, 6) is 0.227. The molecule has 2 aliphatic heterocycles. The number of carbonyl (C=O) groups excluding carboxylic acids is 2. The van der Waals surface area contributed by atoms with Gasteiger partial charge in [0.15, 0.2) is 0 Å². The number of hydrogen-bond donors (Lipinski definition) is 1. The maximum absolute atomic E-state index is 12.4. The predicted molar refractivity (Wildman–Crippen MR) is 80.8 cm³/mol. The van der Waals surface area contributed by atoms with E-state index >= 15 is 0 Å². The van der Waals surface area contributed by atoms with Gasteiger partial charge in [-0.1, -0.05) is 20.3 Å². The smallest absolute Gasteiger partial charge is 0.245 e. The molecule has 2 fully saturated rings. The van der Waals surface area contributed by atoms with Crippen LogP contribution in [0.25, 0.3) is 0 Å². The molecule has 0 aromatic carbocycles. The lowest BCUT2D eigenvalue weighted by atomic mass is 9.93. The second-order valence-corrected chi connectivity index (χ2v) is 6.37. The number of rotatable bonds is 6. The Morgan fingerprint density at radius 2 is 2.19 bits per heavy atom. The molecule has 4 atom stereocenters. The highest BCUT2D eigenvalue weighted by Gasteiger charge is 2.40. The van der Waals surface area contributed by atoms with Crippen LogP contribution >= 0.6 is 0 Å². The first-order valence-electron chi connectivity index (χ1n) is 8.27. The molecule has 0 bridgehead atoms. The van der Waals surface area contributed by atoms with Crippen LogP contribution in [0.2, 0.25) is 0 Å². The van der Waals surface area contributed by atoms with Crippen molar-refractivity contribution in [2.75, 3.05) is 13.2 Å². The highest BCUT2D eigenvalue weighted by Crippen LogP contribution is 2.22. The highest BCUT2D eigenvalue weighted by atomic mass is 16.5. The molecule has 2 aliphatic rings. The van der Waals surface area contributed by atoms with Crippen molar-refractivity contribution in [3.63, 3.8) is 0 Å². The molecule has 0 aromatic heterocycles. The number of piperazine rings is 1. The number of ether oxygens (including phenoxy) is 1. The number of carbonyl (C=O) groups is 2. The fraction of sp³-hybridized carbons (Fsp3) is 0.875. The quantitative estimate of drug-likeness (QED) is 0.812. The number of nitrogens with zero attached hydrogens (tertiary/aromatic N) is 1. The second-order valence-electron chi connectivity index (χ2n) is 6.37. The SMILES string of the molecule is CCC(C)C1C(=O)NC(C)C(=O)N1CCCC1CCCO1. The van der Waals surface area contributed by atoms with Crippen molar-refractivity contribution in [2.45, 2.75) is 71.1 Å². The molecule has 120 valence electrons. The van der Waals surface area contributed by atoms with Crippen LogP contribution in [0.3, 0.4) is 0 Å². The third-order valence-corrected chi connectivity index (χ3v) is 4.75. The van der Waals surface area contributed by atoms with E-state index in [1.807, 2.05) is 6.92 Å². The predicted octanol–water partition coefficient (Wildman–Crippen LogP) is 1.71. The summed E-state index contributed by atoms with van der Waals surface area (Å²) in [6, 6.07) is -0.719. The molecule has 2 heterocycles. The summed E-state index contributed by atoms with van der Waals surface area (Å²) < 4.78 is 5.62. The molecule has 0 aliphatic carbocycles. The summed E-state index contributed by atoms with van der Waals surface area (Å²) in [5.41, 5.74) is 0. The maximum Gasteiger partial charge on any atom is 0.245 e. The molecule has 2 rings (SSSR count). The van der Waals surface area contributed by atoms with Crippen molar-refractivity contribution < 1.29 is 14.3 Å². The van der Waals surface area contributed by atoms with Gasteiger partial charge in [-0.2, -0.15) is 0 Å². The van der Waals surface area contributed by atoms with E-state index in [0.29, 0.717) is 12.6 Å². The summed E-state index contributed by atoms with van der Waals surface area (Å²) in [6.45, 7) is 7.39. The summed E-state index contributed by atoms with van der Waals surface area (Å²) >= 11 is 0. The van der Waals surface area contributed by atoms with Gasteiger partial charge in [-0.3, -0.25) is 9.59 Å². The average Bonchev–Trinajstić information content (AvgIpc) is 2.96. The van der Waals surface area contributed by atoms with E-state index < -0.39 is 6.04 Å². The van der Waals surface area contributed by atoms with Crippen molar-refractivity contribution in [1.29, 1.82) is 0 Å². The Hall–Kier alpha value is -1.10. The van der Waals surface area contributed by atoms with Gasteiger partial charge in [-0.25, -0.2) is 0 Å². The van der Waals surface area contributed by atoms with Gasteiger partial charge in [0.05, 0.1) is 6.10 Å². The Morgan fingerprint density at radius 1 is 1.43 bits per heavy atom. The minimum absolute atomic E-state index is 0.00596. The lowest BCUT2D eigenvalue weighted by Crippen LogP contribution is -2.64. The zero-order valence-corrected chi connectivity index (χ0v) is 13.4. The summed E-state index contributed by atoms with van der Waals surface area (Å²) in [7, 11) is 0. The first kappa shape index (κ1) is 16.3. The summed E-state index contributed by atoms with van der Waals surface area (Å²) in [6.07, 6.45) is 5.39. The van der Waals surface area contributed by atoms with Crippen LogP contribution in [0.5, 0.6) is 0 Å². The van der Waals surface area contributed by atoms with Crippen molar-refractivity contribution in [3.05, 3.63) is 0 Å². The molecule has 5 heteroatoms. The number of amides is 2. The van der Waals surface area contributed by atoms with Crippen LogP contribution in [0.15, 0.2) is 0 Å². The normalized spacial score (nSPS) is 31.4. The number of hydrogen-bond acceptors (Lipinski definition) is 3. The second kappa shape index (κ2) is 7.25. The molecule has 0 radical (unpaired) electrons. The lowest BCUT2D eigenvalue weighted by Gasteiger charge is -2.40. The van der Waals surface area contributed by atoms with E-state index in [0.717, 1.165) is 38.7 Å². The third kappa shape index (κ3) is 3.76. The van der Waals surface area contributed by atoms with Crippen LogP contribution in [-0.4, -0.2) is 48.1 Å². The van der Waals surface area contributed by atoms with Crippen molar-refractivity contribution in [1.82, 2.24) is 10.2 Å². The van der Waals surface area contributed by atoms with Crippen LogP contribution in [0.1, 0.15) is 52.9 Å². The summed E-state index contributed by atoms with van der Waals surface area (Å²) in [4.78, 5) is 26.5. The van der Waals surface area contributed by atoms with Gasteiger partial charge < -0.3 is 15.0 Å². The van der Waals surface area contributed by atoms with E-state index in [-0.39, 0.29) is 23.8 Å². The van der Waals surface area contributed by atoms with Gasteiger partial charge >= 0.3 is 0 Å². The lowest BCUT2D eigenvalue weighted by molar-refractivity contribution is -0.151. The Morgan fingerprint density at radius 3 is 2.81 bits per heavy atom. The van der Waals surface area contributed by atoms with Crippen LogP contribution < -0.4 is 5.32 Å². The minimum Gasteiger partial charge on any atom is -0.378 e. The van der Waals surface area contributed by atoms with Crippen LogP contribution in [0.4, 0.5) is 0 Å². The molecular formula is C16H28N2O3. The molecule has 0 aromatic rings. The molecule has 2 amide bonds. The molecule has 21 heavy (non-hydrogen) atoms. The molecule has 5 nitrogen and oxygen atoms in total. The molecular weight excluding hydrogens is 268 g/mol. The average molecular weight is 296 g/mol. The zero-order valence-electron chi connectivity index (χ0n) is 13.4. The van der Waals surface area contributed by atoms with E-state index in [2.05, 4.69) is 12.2 Å². The largest absolute Gasteiger partial charge is 0.378 e. The zero-order chi connectivity index (χ0) is 15.4. The minimum atomic E-state index is -0.402. The van der Waals surface area contributed by atoms with Gasteiger partial charge in [-0.15, -0.1) is 0 Å². The first-order chi connectivity index (χ1) is 10.0. The standard InChI is InChI=1S/C16H28N2O3/c1-4-11(2)14-15(19)17-12(3)16(20)18(14)9-5-7-13-8-6-10-21-13/h11-14H,4-10H2,1-3H3,(H,17,19). The van der Waals surface area contributed by atoms with Crippen molar-refractivity contribution in [3.8, 4) is 0 Å². The monoisotopic (exact) mass is 296 g/mol. The third-order valence-electron chi connectivity index (χ3n) is 4.75. The van der Waals surface area contributed by atoms with Gasteiger partial charge in [0.1, 0.15) is 12.1 Å². The van der Waals surface area contributed by atoms with Crippen LogP contribution in [-0.2, 0) is 14.3 Å². The van der Waals surface area contributed by atoms with Gasteiger partial charge in [0.2, 0.25) is 11.8 Å². The first-order valence-corrected chi connectivity index (χ1v) is 8.27. The van der Waals surface area contributed by atoms with E-state index in [9.17, 15) is 9.59 Å². The molecule has 1 N–H and O–H groups in total. The highest BCUT2D eigenvalue weighted by molar-refractivity contribution is 5.96. The van der Waals surface area contributed by atoms with E-state index in [1.54, 1.807) is 11.8 Å². The van der Waals surface area contributed by atoms with Gasteiger partial charge in [-0.05, 0) is 38.5 Å². The molecule has 4 unspecified atom stereocenters. The Kier molecular flexibility index (Phi) is 5.62. The van der Waals surface area contributed by atoms with Crippen molar-refractivity contribution in [2.24, 2.45) is 5.92 Å². The topological polar surface area (TPSA) is 58.6 Å². The molecule has 0 spiro atoms. The van der Waals surface area contributed by atoms with E-state index in [1.165, 1.54) is 0 Å². The van der Waals surface area contributed by atoms with Crippen molar-refractivity contribution >= 4 is 11.8 Å². The Bertz CT molecular complexity index is 380. The van der Waals surface area contributed by atoms with Crippen LogP contribution in [0, 0.1) is 5.92 Å². The Labute approximate surface area is 127 Å². The number of nitrogens with one attached hydrogen (secondary N) is 1. The van der Waals surface area contributed by atoms with E-state index in [4.69, 9.17) is 4.74 Å². The summed E-state index contributed by atoms with van der Waals surface area (Å²) in [5, 5.41) is 2.80. The fourth-order valence-electron chi connectivity index (χ4n) is 3.29. The van der Waals surface area contributed by atoms with Gasteiger partial charge in [0.25, 0.3) is 0 Å². The molecule has 2 saturated heterocycles. The fourth-order valence-corrected chi connectivity index (χ4v) is 3.29. The molecule has 0 saturated carbocycles. The maximum atomic E-state index is 12.4.